The zero-order valence-electron chi connectivity index (χ0n) is 31.6. The minimum absolute atomic E-state index is 0.344. The predicted molar refractivity (Wildman–Crippen MR) is 211 cm³/mol. The van der Waals surface area contributed by atoms with Gasteiger partial charge in [0, 0.05) is 0 Å². The first-order chi connectivity index (χ1) is 25.6. The van der Waals surface area contributed by atoms with E-state index in [9.17, 15) is 22.4 Å². The van der Waals surface area contributed by atoms with E-state index in [1.807, 2.05) is 0 Å². The molecule has 0 bridgehead atoms. The second kappa shape index (κ2) is 20.4. The van der Waals surface area contributed by atoms with Crippen molar-refractivity contribution in [2.24, 2.45) is 0 Å². The Bertz CT molecular complexity index is 1950. The van der Waals surface area contributed by atoms with Gasteiger partial charge in [-0.25, -0.2) is 16.8 Å². The van der Waals surface area contributed by atoms with Crippen LogP contribution in [0.25, 0.3) is 27.1 Å². The van der Waals surface area contributed by atoms with Crippen LogP contribution in [0.1, 0.15) is 105 Å². The van der Waals surface area contributed by atoms with E-state index in [0.717, 1.165) is 77.0 Å². The maximum atomic E-state index is 13.9. The molecule has 10 nitrogen and oxygen atoms in total. The lowest BCUT2D eigenvalue weighted by atomic mass is 10.1. The van der Waals surface area contributed by atoms with Gasteiger partial charge in [-0.1, -0.05) is 91.2 Å². The fourth-order valence-electron chi connectivity index (χ4n) is 5.84. The molecule has 0 N–H and O–H groups in total. The third-order valence-electron chi connectivity index (χ3n) is 8.93. The van der Waals surface area contributed by atoms with Crippen molar-refractivity contribution in [3.8, 4) is 23.0 Å². The molecule has 4 aromatic rings. The van der Waals surface area contributed by atoms with Crippen molar-refractivity contribution in [1.82, 2.24) is 0 Å². The van der Waals surface area contributed by atoms with Gasteiger partial charge >= 0.3 is 4.38 Å². The molecule has 0 aromatic heterocycles. The molecule has 0 amide bonds. The van der Waals surface area contributed by atoms with Gasteiger partial charge in [-0.3, -0.25) is 0 Å². The lowest BCUT2D eigenvalue weighted by Crippen LogP contribution is -2.26. The van der Waals surface area contributed by atoms with Crippen molar-refractivity contribution in [2.45, 2.75) is 115 Å². The first-order valence-electron chi connectivity index (χ1n) is 19.0. The van der Waals surface area contributed by atoms with Gasteiger partial charge in [0.05, 0.1) is 36.2 Å². The molecule has 288 valence electrons. The van der Waals surface area contributed by atoms with Crippen LogP contribution >= 0.6 is 0 Å². The highest BCUT2D eigenvalue weighted by Crippen LogP contribution is 2.37. The van der Waals surface area contributed by atoms with Gasteiger partial charge in [0.1, 0.15) is 0 Å². The van der Waals surface area contributed by atoms with E-state index in [2.05, 4.69) is 32.5 Å². The molecule has 0 spiro atoms. The molecule has 0 fully saturated rings. The summed E-state index contributed by atoms with van der Waals surface area (Å²) >= 11 is 0. The zero-order valence-corrected chi connectivity index (χ0v) is 33.2. The first-order valence-corrected chi connectivity index (χ1v) is 22.0. The minimum atomic E-state index is -4.82. The monoisotopic (exact) mass is 766 g/mol. The highest BCUT2D eigenvalue weighted by Gasteiger charge is 2.44. The Hall–Kier alpha value is -4.12. The summed E-state index contributed by atoms with van der Waals surface area (Å²) < 4.78 is 78.7. The van der Waals surface area contributed by atoms with Crippen LogP contribution in [0, 0.1) is 0 Å². The van der Waals surface area contributed by atoms with Crippen molar-refractivity contribution in [1.29, 1.82) is 0 Å². The average Bonchev–Trinajstić information content (AvgIpc) is 3.15. The Morgan fingerprint density at radius 1 is 0.472 bits per heavy atom. The molecular weight excluding hydrogens is 713 g/mol. The van der Waals surface area contributed by atoms with Gasteiger partial charge < -0.3 is 24.5 Å². The van der Waals surface area contributed by atoms with Crippen molar-refractivity contribution in [3.63, 3.8) is 0 Å². The lowest BCUT2D eigenvalue weighted by Gasteiger charge is -2.15. The fourth-order valence-corrected chi connectivity index (χ4v) is 9.25. The molecule has 4 aromatic carbocycles. The number of benzene rings is 4. The molecule has 0 atom stereocenters. The largest absolute Gasteiger partial charge is 0.504 e. The maximum absolute atomic E-state index is 13.9. The van der Waals surface area contributed by atoms with Crippen molar-refractivity contribution >= 4 is 45.6 Å². The van der Waals surface area contributed by atoms with Crippen molar-refractivity contribution < 1.29 is 40.6 Å². The fraction of sp³-hybridized carbons (Fsp3) is 0.488. The Kier molecular flexibility index (Phi) is 16.0. The Morgan fingerprint density at radius 2 is 0.774 bits per heavy atom. The average molecular weight is 767 g/mol. The zero-order chi connectivity index (χ0) is 38.3. The summed E-state index contributed by atoms with van der Waals surface area (Å²) in [5.74, 6) is 2.06. The van der Waals surface area contributed by atoms with Crippen molar-refractivity contribution in [3.05, 3.63) is 66.2 Å². The molecule has 0 unspecified atom stereocenters. The minimum Gasteiger partial charge on any atom is -0.490 e. The van der Waals surface area contributed by atoms with E-state index in [0.29, 0.717) is 71.0 Å². The molecule has 4 rings (SSSR count). The van der Waals surface area contributed by atoms with E-state index in [4.69, 9.17) is 18.9 Å². The molecule has 0 saturated heterocycles. The standard InChI is InChI=1S/C41H54N2O8S2/c1-5-9-13-21-48-37-27-31-17-19-35(25-33(31)29-39(37)50-23-15-11-7-3)52(44,45)41(43-42)53(46,47)36-20-18-32-28-38(49-22-14-10-6-2)40(30-34(32)26-36)51-24-16-12-8-4/h17-20,25-30H,5-16,21-24H2,1-4H3. The second-order valence-electron chi connectivity index (χ2n) is 13.2. The van der Waals surface area contributed by atoms with E-state index in [1.54, 1.807) is 36.4 Å². The number of ether oxygens (including phenoxy) is 4. The molecule has 0 heterocycles. The van der Waals surface area contributed by atoms with E-state index < -0.39 is 24.1 Å². The summed E-state index contributed by atoms with van der Waals surface area (Å²) in [5, 5.41) is 2.35. The van der Waals surface area contributed by atoms with E-state index in [1.165, 1.54) is 24.3 Å². The third-order valence-corrected chi connectivity index (χ3v) is 13.1. The molecule has 0 radical (unpaired) electrons. The van der Waals surface area contributed by atoms with E-state index in [-0.39, 0.29) is 9.79 Å². The number of unbranched alkanes of at least 4 members (excludes halogenated alkanes) is 8. The molecular formula is C41H54N2O8S2. The van der Waals surface area contributed by atoms with E-state index >= 15 is 0 Å². The van der Waals surface area contributed by atoms with Gasteiger partial charge in [-0.05, 0) is 95.8 Å². The molecule has 12 heteroatoms. The number of rotatable bonds is 22. The number of fused-ring (bicyclic) bond motifs is 2. The highest BCUT2D eigenvalue weighted by molar-refractivity contribution is 8.31. The first kappa shape index (κ1) is 41.6. The molecule has 0 aliphatic rings. The molecule has 0 aliphatic heterocycles. The van der Waals surface area contributed by atoms with Crippen LogP contribution in [0.5, 0.6) is 23.0 Å². The Balaban J connectivity index is 1.68. The summed E-state index contributed by atoms with van der Waals surface area (Å²) in [5.41, 5.74) is 9.99. The summed E-state index contributed by atoms with van der Waals surface area (Å²) in [6.07, 6.45) is 11.7. The highest BCUT2D eigenvalue weighted by atomic mass is 32.3. The smallest absolute Gasteiger partial charge is 0.490 e. The van der Waals surface area contributed by atoms with Crippen LogP contribution in [0.4, 0.5) is 0 Å². The van der Waals surface area contributed by atoms with Gasteiger partial charge in [-0.15, -0.1) is 4.79 Å². The van der Waals surface area contributed by atoms with Gasteiger partial charge in [-0.2, -0.15) is 0 Å². The lowest BCUT2D eigenvalue weighted by molar-refractivity contribution is 0.00380. The Labute approximate surface area is 315 Å². The summed E-state index contributed by atoms with van der Waals surface area (Å²) in [6, 6.07) is 15.4. The van der Waals surface area contributed by atoms with Gasteiger partial charge in [0.15, 0.2) is 23.0 Å². The summed E-state index contributed by atoms with van der Waals surface area (Å²) in [7, 11) is -9.64. The van der Waals surface area contributed by atoms with Crippen LogP contribution in [0.3, 0.4) is 0 Å². The van der Waals surface area contributed by atoms with Crippen LogP contribution in [0.2, 0.25) is 0 Å². The SMILES string of the molecule is CCCCCOc1cc2ccc(S(=O)(=O)C(=[N+]=[N-])S(=O)(=O)c3ccc4cc(OCCCCC)c(OCCCCC)cc4c3)cc2cc1OCCCCC. The number of nitrogens with zero attached hydrogens (tertiary/aromatic N) is 2. The van der Waals surface area contributed by atoms with Crippen LogP contribution in [-0.2, 0) is 19.7 Å². The maximum Gasteiger partial charge on any atom is 0.504 e. The second-order valence-corrected chi connectivity index (χ2v) is 17.2. The third kappa shape index (κ3) is 11.0. The predicted octanol–water partition coefficient (Wildman–Crippen LogP) is 10.1. The molecule has 0 aliphatic carbocycles. The topological polar surface area (TPSA) is 142 Å². The van der Waals surface area contributed by atoms with Crippen LogP contribution < -0.4 is 18.9 Å². The van der Waals surface area contributed by atoms with Crippen molar-refractivity contribution in [2.75, 3.05) is 26.4 Å². The quantitative estimate of drug-likeness (QED) is 0.0253. The number of hydrogen-bond donors (Lipinski definition) is 0. The molecule has 53 heavy (non-hydrogen) atoms. The number of hydrogen-bond acceptors (Lipinski definition) is 8. The molecule has 0 saturated carbocycles. The van der Waals surface area contributed by atoms with Crippen LogP contribution in [-0.4, -0.2) is 52.4 Å². The van der Waals surface area contributed by atoms with Gasteiger partial charge in [0.25, 0.3) is 19.7 Å². The summed E-state index contributed by atoms with van der Waals surface area (Å²) in [6.45, 7) is 10.4. The summed E-state index contributed by atoms with van der Waals surface area (Å²) in [4.78, 5) is 2.18. The van der Waals surface area contributed by atoms with Crippen LogP contribution in [0.15, 0.2) is 70.5 Å². The van der Waals surface area contributed by atoms with Gasteiger partial charge in [0.2, 0.25) is 0 Å². The number of sulfone groups is 2. The normalized spacial score (nSPS) is 11.8. The Morgan fingerprint density at radius 3 is 1.06 bits per heavy atom.